The Balaban J connectivity index is 1.65. The average molecular weight is 282 g/mol. The molecule has 0 radical (unpaired) electrons. The molecular weight excluding hydrogens is 258 g/mol. The van der Waals surface area contributed by atoms with Crippen molar-refractivity contribution in [2.75, 3.05) is 20.2 Å². The Labute approximate surface area is 121 Å². The van der Waals surface area contributed by atoms with Crippen LogP contribution in [0, 0.1) is 0 Å². The molecule has 0 saturated heterocycles. The first-order chi connectivity index (χ1) is 9.27. The topological polar surface area (TPSA) is 12.5 Å². The lowest BCUT2D eigenvalue weighted by atomic mass is 9.94. The molecule has 0 unspecified atom stereocenters. The number of nitrogens with zero attached hydrogens (tertiary/aromatic N) is 1. The highest BCUT2D eigenvalue weighted by Crippen LogP contribution is 2.24. The Morgan fingerprint density at radius 1 is 1.21 bits per heavy atom. The number of rotatable bonds is 6. The molecule has 1 aromatic carbocycles. The zero-order valence-corrected chi connectivity index (χ0v) is 12.5. The second-order valence-corrected chi connectivity index (χ2v) is 5.81. The van der Waals surface area contributed by atoms with E-state index in [-0.39, 0.29) is 0 Å². The molecular formula is C16H24ClNO. The Morgan fingerprint density at radius 2 is 1.95 bits per heavy atom. The average Bonchev–Trinajstić information content (AvgIpc) is 2.46. The molecule has 0 spiro atoms. The third kappa shape index (κ3) is 4.70. The van der Waals surface area contributed by atoms with Crippen molar-refractivity contribution in [1.29, 1.82) is 0 Å². The van der Waals surface area contributed by atoms with Crippen molar-refractivity contribution in [2.24, 2.45) is 0 Å². The number of ether oxygens (including phenoxy) is 1. The molecule has 19 heavy (non-hydrogen) atoms. The van der Waals surface area contributed by atoms with Crippen molar-refractivity contribution in [3.63, 3.8) is 0 Å². The second kappa shape index (κ2) is 7.76. The summed E-state index contributed by atoms with van der Waals surface area (Å²) in [7, 11) is 2.24. The molecule has 1 saturated carbocycles. The van der Waals surface area contributed by atoms with E-state index in [2.05, 4.69) is 11.9 Å². The molecule has 0 bridgehead atoms. The third-order valence-corrected chi connectivity index (χ3v) is 4.26. The first kappa shape index (κ1) is 14.7. The minimum Gasteiger partial charge on any atom is -0.492 e. The summed E-state index contributed by atoms with van der Waals surface area (Å²) in [5.74, 6) is 0.796. The van der Waals surface area contributed by atoms with Crippen molar-refractivity contribution < 1.29 is 4.74 Å². The van der Waals surface area contributed by atoms with E-state index in [1.165, 1.54) is 32.1 Å². The van der Waals surface area contributed by atoms with Gasteiger partial charge in [0.15, 0.2) is 0 Å². The smallest absolute Gasteiger partial charge is 0.137 e. The molecule has 3 heteroatoms. The molecule has 0 aromatic heterocycles. The summed E-state index contributed by atoms with van der Waals surface area (Å²) in [6.07, 6.45) is 7.98. The van der Waals surface area contributed by atoms with Gasteiger partial charge in [-0.1, -0.05) is 43.0 Å². The van der Waals surface area contributed by atoms with Crippen LogP contribution < -0.4 is 4.74 Å². The van der Waals surface area contributed by atoms with Crippen molar-refractivity contribution in [2.45, 2.75) is 44.6 Å². The Morgan fingerprint density at radius 3 is 2.68 bits per heavy atom. The van der Waals surface area contributed by atoms with Gasteiger partial charge >= 0.3 is 0 Å². The van der Waals surface area contributed by atoms with E-state index >= 15 is 0 Å². The molecule has 0 aliphatic heterocycles. The molecule has 2 nitrogen and oxygen atoms in total. The normalized spacial score (nSPS) is 16.8. The predicted octanol–water partition coefficient (Wildman–Crippen LogP) is 4.37. The second-order valence-electron chi connectivity index (χ2n) is 5.40. The van der Waals surface area contributed by atoms with Crippen molar-refractivity contribution >= 4 is 11.6 Å². The molecule has 1 aromatic rings. The van der Waals surface area contributed by atoms with Gasteiger partial charge in [-0.25, -0.2) is 0 Å². The number of hydrogen-bond acceptors (Lipinski definition) is 2. The molecule has 0 N–H and O–H groups in total. The van der Waals surface area contributed by atoms with Gasteiger partial charge in [0.1, 0.15) is 5.75 Å². The maximum absolute atomic E-state index is 6.05. The van der Waals surface area contributed by atoms with Crippen LogP contribution in [0.3, 0.4) is 0 Å². The first-order valence-electron chi connectivity index (χ1n) is 7.35. The van der Waals surface area contributed by atoms with E-state index in [9.17, 15) is 0 Å². The van der Waals surface area contributed by atoms with Gasteiger partial charge in [0, 0.05) is 12.6 Å². The van der Waals surface area contributed by atoms with Gasteiger partial charge in [0.25, 0.3) is 0 Å². The largest absolute Gasteiger partial charge is 0.492 e. The van der Waals surface area contributed by atoms with Crippen LogP contribution >= 0.6 is 11.6 Å². The minimum absolute atomic E-state index is 0.697. The molecule has 0 atom stereocenters. The summed E-state index contributed by atoms with van der Waals surface area (Å²) in [5, 5.41) is 0.697. The van der Waals surface area contributed by atoms with Crippen LogP contribution in [-0.4, -0.2) is 31.1 Å². The Kier molecular flexibility index (Phi) is 5.99. The van der Waals surface area contributed by atoms with E-state index in [0.29, 0.717) is 5.02 Å². The van der Waals surface area contributed by atoms with Gasteiger partial charge < -0.3 is 9.64 Å². The maximum atomic E-state index is 6.05. The van der Waals surface area contributed by atoms with Gasteiger partial charge in [-0.2, -0.15) is 0 Å². The zero-order chi connectivity index (χ0) is 13.5. The van der Waals surface area contributed by atoms with Crippen LogP contribution in [0.5, 0.6) is 5.75 Å². The van der Waals surface area contributed by atoms with Crippen LogP contribution in [0.4, 0.5) is 0 Å². The van der Waals surface area contributed by atoms with Crippen LogP contribution in [-0.2, 0) is 0 Å². The number of benzene rings is 1. The van der Waals surface area contributed by atoms with Crippen molar-refractivity contribution in [3.8, 4) is 5.75 Å². The van der Waals surface area contributed by atoms with Gasteiger partial charge in [-0.05, 0) is 38.4 Å². The van der Waals surface area contributed by atoms with Gasteiger partial charge in [-0.3, -0.25) is 0 Å². The first-order valence-corrected chi connectivity index (χ1v) is 7.73. The van der Waals surface area contributed by atoms with E-state index in [4.69, 9.17) is 16.3 Å². The molecule has 1 fully saturated rings. The summed E-state index contributed by atoms with van der Waals surface area (Å²) in [4.78, 5) is 2.50. The highest BCUT2D eigenvalue weighted by atomic mass is 35.5. The molecule has 0 heterocycles. The minimum atomic E-state index is 0.697. The fourth-order valence-corrected chi connectivity index (χ4v) is 2.95. The maximum Gasteiger partial charge on any atom is 0.137 e. The van der Waals surface area contributed by atoms with Crippen LogP contribution in [0.1, 0.15) is 38.5 Å². The lowest BCUT2D eigenvalue weighted by Gasteiger charge is -2.31. The molecule has 2 rings (SSSR count). The van der Waals surface area contributed by atoms with Gasteiger partial charge in [0.2, 0.25) is 0 Å². The quantitative estimate of drug-likeness (QED) is 0.718. The summed E-state index contributed by atoms with van der Waals surface area (Å²) < 4.78 is 5.72. The monoisotopic (exact) mass is 281 g/mol. The predicted molar refractivity (Wildman–Crippen MR) is 81.1 cm³/mol. The van der Waals surface area contributed by atoms with Crippen LogP contribution in [0.25, 0.3) is 0 Å². The number of halogens is 1. The van der Waals surface area contributed by atoms with E-state index in [1.807, 2.05) is 24.3 Å². The highest BCUT2D eigenvalue weighted by Gasteiger charge is 2.17. The van der Waals surface area contributed by atoms with E-state index in [0.717, 1.165) is 31.4 Å². The summed E-state index contributed by atoms with van der Waals surface area (Å²) in [6, 6.07) is 8.45. The van der Waals surface area contributed by atoms with Gasteiger partial charge in [-0.15, -0.1) is 0 Å². The lowest BCUT2D eigenvalue weighted by molar-refractivity contribution is 0.177. The van der Waals surface area contributed by atoms with E-state index < -0.39 is 0 Å². The SMILES string of the molecule is CN(CCCOc1ccccc1Cl)C1CCCCC1. The summed E-state index contributed by atoms with van der Waals surface area (Å²) >= 11 is 6.05. The fraction of sp³-hybridized carbons (Fsp3) is 0.625. The van der Waals surface area contributed by atoms with E-state index in [1.54, 1.807) is 0 Å². The zero-order valence-electron chi connectivity index (χ0n) is 11.8. The Bertz CT molecular complexity index is 377. The molecule has 1 aliphatic carbocycles. The lowest BCUT2D eigenvalue weighted by Crippen LogP contribution is -2.34. The number of hydrogen-bond donors (Lipinski definition) is 0. The fourth-order valence-electron chi connectivity index (χ4n) is 2.76. The van der Waals surface area contributed by atoms with Crippen LogP contribution in [0.2, 0.25) is 5.02 Å². The highest BCUT2D eigenvalue weighted by molar-refractivity contribution is 6.32. The number of para-hydroxylation sites is 1. The van der Waals surface area contributed by atoms with Crippen molar-refractivity contribution in [3.05, 3.63) is 29.3 Å². The third-order valence-electron chi connectivity index (χ3n) is 3.95. The summed E-state index contributed by atoms with van der Waals surface area (Å²) in [6.45, 7) is 1.84. The summed E-state index contributed by atoms with van der Waals surface area (Å²) in [5.41, 5.74) is 0. The molecule has 1 aliphatic rings. The standard InChI is InChI=1S/C16H24ClNO/c1-18(14-8-3-2-4-9-14)12-7-13-19-16-11-6-5-10-15(16)17/h5-6,10-11,14H,2-4,7-9,12-13H2,1H3. The van der Waals surface area contributed by atoms with Gasteiger partial charge in [0.05, 0.1) is 11.6 Å². The molecule has 106 valence electrons. The van der Waals surface area contributed by atoms with Crippen molar-refractivity contribution in [1.82, 2.24) is 4.90 Å². The molecule has 0 amide bonds. The Hall–Kier alpha value is -0.730. The van der Waals surface area contributed by atoms with Crippen LogP contribution in [0.15, 0.2) is 24.3 Å².